The van der Waals surface area contributed by atoms with Gasteiger partial charge >= 0.3 is 0 Å². The molecule has 0 aliphatic carbocycles. The van der Waals surface area contributed by atoms with Gasteiger partial charge in [0.05, 0.1) is 11.4 Å². The summed E-state index contributed by atoms with van der Waals surface area (Å²) in [6, 6.07) is 9.23. The van der Waals surface area contributed by atoms with Crippen molar-refractivity contribution in [1.29, 1.82) is 0 Å². The zero-order valence-corrected chi connectivity index (χ0v) is 14.1. The number of hydrogen-bond donors (Lipinski definition) is 2. The number of hydrogen-bond acceptors (Lipinski definition) is 5. The number of anilines is 2. The lowest BCUT2D eigenvalue weighted by molar-refractivity contribution is -0.119. The van der Waals surface area contributed by atoms with E-state index in [2.05, 4.69) is 20.8 Å². The number of nitrogens with one attached hydrogen (secondary N) is 2. The number of carbonyl (C=O) groups is 2. The maximum absolute atomic E-state index is 13.4. The molecule has 0 fully saturated rings. The number of aromatic nitrogens is 2. The maximum atomic E-state index is 13.4. The van der Waals surface area contributed by atoms with E-state index < -0.39 is 5.82 Å². The minimum Gasteiger partial charge on any atom is -0.323 e. The van der Waals surface area contributed by atoms with Crippen molar-refractivity contribution >= 4 is 35.1 Å². The van der Waals surface area contributed by atoms with E-state index in [-0.39, 0.29) is 29.2 Å². The first-order valence-corrected chi connectivity index (χ1v) is 8.26. The van der Waals surface area contributed by atoms with Crippen LogP contribution in [0.2, 0.25) is 0 Å². The summed E-state index contributed by atoms with van der Waals surface area (Å²) in [5.74, 6) is -0.698. The van der Waals surface area contributed by atoms with Crippen molar-refractivity contribution in [3.05, 3.63) is 42.2 Å². The van der Waals surface area contributed by atoms with Crippen LogP contribution in [-0.4, -0.2) is 27.8 Å². The Morgan fingerprint density at radius 2 is 1.88 bits per heavy atom. The molecule has 8 heteroatoms. The van der Waals surface area contributed by atoms with Crippen LogP contribution in [0, 0.1) is 11.7 Å². The lowest BCUT2D eigenvalue weighted by Gasteiger charge is -2.07. The molecule has 0 unspecified atom stereocenters. The summed E-state index contributed by atoms with van der Waals surface area (Å²) in [6.07, 6.45) is 0. The van der Waals surface area contributed by atoms with Gasteiger partial charge in [-0.3, -0.25) is 9.59 Å². The SMILES string of the molecule is CC(C)C(=O)Nc1ccc(SCC(=O)Nc2ccccc2F)nn1. The first kappa shape index (κ1) is 17.9. The smallest absolute Gasteiger partial charge is 0.234 e. The molecule has 1 aromatic carbocycles. The Kier molecular flexibility index (Phi) is 6.25. The van der Waals surface area contributed by atoms with Crippen molar-refractivity contribution in [2.75, 3.05) is 16.4 Å². The zero-order valence-electron chi connectivity index (χ0n) is 13.2. The third kappa shape index (κ3) is 5.31. The van der Waals surface area contributed by atoms with Crippen molar-refractivity contribution in [3.63, 3.8) is 0 Å². The normalized spacial score (nSPS) is 10.5. The van der Waals surface area contributed by atoms with Gasteiger partial charge in [0.2, 0.25) is 11.8 Å². The molecule has 6 nitrogen and oxygen atoms in total. The molecule has 0 aliphatic heterocycles. The second-order valence-electron chi connectivity index (χ2n) is 5.22. The molecule has 126 valence electrons. The lowest BCUT2D eigenvalue weighted by atomic mass is 10.2. The molecule has 0 atom stereocenters. The fourth-order valence-corrected chi connectivity index (χ4v) is 2.24. The topological polar surface area (TPSA) is 84.0 Å². The predicted molar refractivity (Wildman–Crippen MR) is 91.3 cm³/mol. The maximum Gasteiger partial charge on any atom is 0.234 e. The molecule has 2 amide bonds. The van der Waals surface area contributed by atoms with E-state index in [1.165, 1.54) is 23.9 Å². The van der Waals surface area contributed by atoms with Gasteiger partial charge in [0.1, 0.15) is 10.8 Å². The highest BCUT2D eigenvalue weighted by atomic mass is 32.2. The molecule has 0 saturated carbocycles. The molecule has 2 N–H and O–H groups in total. The Bertz CT molecular complexity index is 722. The minimum atomic E-state index is -0.485. The van der Waals surface area contributed by atoms with Crippen molar-refractivity contribution in [2.24, 2.45) is 5.92 Å². The third-order valence-corrected chi connectivity index (χ3v) is 3.83. The average molecular weight is 348 g/mol. The molecule has 24 heavy (non-hydrogen) atoms. The summed E-state index contributed by atoms with van der Waals surface area (Å²) in [4.78, 5) is 23.4. The van der Waals surface area contributed by atoms with Crippen LogP contribution in [-0.2, 0) is 9.59 Å². The number of carbonyl (C=O) groups excluding carboxylic acids is 2. The van der Waals surface area contributed by atoms with Crippen LogP contribution in [0.15, 0.2) is 41.4 Å². The highest BCUT2D eigenvalue weighted by Crippen LogP contribution is 2.17. The molecule has 0 bridgehead atoms. The van der Waals surface area contributed by atoms with Crippen molar-refractivity contribution < 1.29 is 14.0 Å². The Labute approximate surface area is 143 Å². The average Bonchev–Trinajstić information content (AvgIpc) is 2.56. The monoisotopic (exact) mass is 348 g/mol. The molecule has 0 aliphatic rings. The van der Waals surface area contributed by atoms with Crippen molar-refractivity contribution in [3.8, 4) is 0 Å². The summed E-state index contributed by atoms with van der Waals surface area (Å²) < 4.78 is 13.4. The Balaban J connectivity index is 1.85. The molecule has 1 aromatic heterocycles. The Morgan fingerprint density at radius 1 is 1.12 bits per heavy atom. The number of amides is 2. The lowest BCUT2D eigenvalue weighted by Crippen LogP contribution is -2.18. The van der Waals surface area contributed by atoms with Gasteiger partial charge in [-0.2, -0.15) is 0 Å². The van der Waals surface area contributed by atoms with Crippen molar-refractivity contribution in [1.82, 2.24) is 10.2 Å². The number of benzene rings is 1. The molecule has 2 aromatic rings. The number of para-hydroxylation sites is 1. The van der Waals surface area contributed by atoms with Crippen LogP contribution >= 0.6 is 11.8 Å². The Morgan fingerprint density at radius 3 is 2.50 bits per heavy atom. The van der Waals surface area contributed by atoms with Gasteiger partial charge in [-0.1, -0.05) is 37.7 Å². The molecule has 0 spiro atoms. The summed E-state index contributed by atoms with van der Waals surface area (Å²) in [7, 11) is 0. The van der Waals surface area contributed by atoms with Crippen LogP contribution in [0.1, 0.15) is 13.8 Å². The van der Waals surface area contributed by atoms with Gasteiger partial charge < -0.3 is 10.6 Å². The van der Waals surface area contributed by atoms with Crippen LogP contribution in [0.3, 0.4) is 0 Å². The molecular weight excluding hydrogens is 331 g/mol. The number of nitrogens with zero attached hydrogens (tertiary/aromatic N) is 2. The molecule has 0 radical (unpaired) electrons. The Hall–Kier alpha value is -2.48. The van der Waals surface area contributed by atoms with Crippen LogP contribution < -0.4 is 10.6 Å². The van der Waals surface area contributed by atoms with Crippen LogP contribution in [0.5, 0.6) is 0 Å². The second-order valence-corrected chi connectivity index (χ2v) is 6.21. The van der Waals surface area contributed by atoms with E-state index in [1.807, 2.05) is 0 Å². The van der Waals surface area contributed by atoms with Gasteiger partial charge in [-0.25, -0.2) is 4.39 Å². The fraction of sp³-hybridized carbons (Fsp3) is 0.250. The van der Waals surface area contributed by atoms with E-state index in [4.69, 9.17) is 0 Å². The zero-order chi connectivity index (χ0) is 17.5. The standard InChI is InChI=1S/C16H17FN4O2S/c1-10(2)16(23)19-13-7-8-15(21-20-13)24-9-14(22)18-12-6-4-3-5-11(12)17/h3-8,10H,9H2,1-2H3,(H,18,22)(H,19,20,23). The van der Waals surface area contributed by atoms with Gasteiger partial charge in [0.25, 0.3) is 0 Å². The molecule has 2 rings (SSSR count). The fourth-order valence-electron chi connectivity index (χ4n) is 1.62. The largest absolute Gasteiger partial charge is 0.323 e. The molecule has 0 saturated heterocycles. The molecular formula is C16H17FN4O2S. The van der Waals surface area contributed by atoms with E-state index >= 15 is 0 Å². The second kappa shape index (κ2) is 8.39. The molecule has 1 heterocycles. The number of halogens is 1. The summed E-state index contributed by atoms with van der Waals surface area (Å²) in [5, 5.41) is 13.5. The summed E-state index contributed by atoms with van der Waals surface area (Å²) in [5.41, 5.74) is 0.140. The number of thioether (sulfide) groups is 1. The van der Waals surface area contributed by atoms with E-state index in [0.717, 1.165) is 0 Å². The minimum absolute atomic E-state index is 0.0702. The first-order valence-electron chi connectivity index (χ1n) is 7.27. The quantitative estimate of drug-likeness (QED) is 0.784. The van der Waals surface area contributed by atoms with E-state index in [1.54, 1.807) is 38.1 Å². The van der Waals surface area contributed by atoms with Gasteiger partial charge in [0, 0.05) is 5.92 Å². The summed E-state index contributed by atoms with van der Waals surface area (Å²) in [6.45, 7) is 3.56. The van der Waals surface area contributed by atoms with Gasteiger partial charge in [0.15, 0.2) is 5.82 Å². The summed E-state index contributed by atoms with van der Waals surface area (Å²) >= 11 is 1.17. The van der Waals surface area contributed by atoms with Crippen molar-refractivity contribution in [2.45, 2.75) is 18.9 Å². The van der Waals surface area contributed by atoms with Gasteiger partial charge in [-0.15, -0.1) is 10.2 Å². The van der Waals surface area contributed by atoms with Crippen LogP contribution in [0.25, 0.3) is 0 Å². The third-order valence-electron chi connectivity index (χ3n) is 2.91. The highest BCUT2D eigenvalue weighted by molar-refractivity contribution is 7.99. The van der Waals surface area contributed by atoms with E-state index in [0.29, 0.717) is 10.8 Å². The number of rotatable bonds is 6. The van der Waals surface area contributed by atoms with E-state index in [9.17, 15) is 14.0 Å². The van der Waals surface area contributed by atoms with Crippen LogP contribution in [0.4, 0.5) is 15.9 Å². The first-order chi connectivity index (χ1) is 11.5. The predicted octanol–water partition coefficient (Wildman–Crippen LogP) is 2.94. The van der Waals surface area contributed by atoms with Gasteiger partial charge in [-0.05, 0) is 24.3 Å². The highest BCUT2D eigenvalue weighted by Gasteiger charge is 2.10.